The van der Waals surface area contributed by atoms with Crippen LogP contribution >= 0.6 is 11.6 Å². The number of halogens is 1. The number of hydrogen-bond acceptors (Lipinski definition) is 4. The van der Waals surface area contributed by atoms with Gasteiger partial charge in [0.15, 0.2) is 9.84 Å². The molecule has 1 unspecified atom stereocenters. The summed E-state index contributed by atoms with van der Waals surface area (Å²) in [5.41, 5.74) is 2.06. The first-order valence-electron chi connectivity index (χ1n) is 7.36. The molecule has 1 aliphatic rings. The van der Waals surface area contributed by atoms with Crippen LogP contribution in [0, 0.1) is 0 Å². The Balaban J connectivity index is 2.21. The normalized spacial score (nSPS) is 20.6. The van der Waals surface area contributed by atoms with Crippen LogP contribution in [-0.4, -0.2) is 39.6 Å². The van der Waals surface area contributed by atoms with E-state index in [2.05, 4.69) is 12.2 Å². The average Bonchev–Trinajstić information content (AvgIpc) is 2.79. The Hall–Kier alpha value is -0.780. The SMILES string of the molecule is CCCNCc1cccc(Cl)c1N(C)C1CCS(=O)(=O)C1. The van der Waals surface area contributed by atoms with E-state index in [1.807, 2.05) is 30.1 Å². The smallest absolute Gasteiger partial charge is 0.152 e. The zero-order valence-corrected chi connectivity index (χ0v) is 14.2. The van der Waals surface area contributed by atoms with E-state index in [0.717, 1.165) is 30.8 Å². The minimum atomic E-state index is -2.90. The Bertz CT molecular complexity index is 589. The van der Waals surface area contributed by atoms with Crippen LogP contribution in [0.1, 0.15) is 25.3 Å². The van der Waals surface area contributed by atoms with Crippen molar-refractivity contribution in [2.45, 2.75) is 32.4 Å². The van der Waals surface area contributed by atoms with Crippen molar-refractivity contribution < 1.29 is 8.42 Å². The lowest BCUT2D eigenvalue weighted by molar-refractivity contribution is 0.600. The van der Waals surface area contributed by atoms with E-state index in [0.29, 0.717) is 11.4 Å². The second-order valence-electron chi connectivity index (χ2n) is 5.59. The van der Waals surface area contributed by atoms with E-state index in [9.17, 15) is 8.42 Å². The van der Waals surface area contributed by atoms with Crippen LogP contribution in [0.25, 0.3) is 0 Å². The summed E-state index contributed by atoms with van der Waals surface area (Å²) in [6.45, 7) is 3.82. The van der Waals surface area contributed by atoms with Crippen LogP contribution in [0.4, 0.5) is 5.69 Å². The third-order valence-electron chi connectivity index (χ3n) is 3.92. The summed E-state index contributed by atoms with van der Waals surface area (Å²) in [5.74, 6) is 0.492. The first kappa shape index (κ1) is 16.6. The van der Waals surface area contributed by atoms with E-state index in [1.54, 1.807) is 0 Å². The molecule has 0 saturated carbocycles. The average molecular weight is 331 g/mol. The number of nitrogens with zero attached hydrogens (tertiary/aromatic N) is 1. The van der Waals surface area contributed by atoms with Crippen molar-refractivity contribution in [2.24, 2.45) is 0 Å². The number of nitrogens with one attached hydrogen (secondary N) is 1. The Labute approximate surface area is 132 Å². The van der Waals surface area contributed by atoms with Gasteiger partial charge in [-0.05, 0) is 31.0 Å². The van der Waals surface area contributed by atoms with Crippen LogP contribution in [0.3, 0.4) is 0 Å². The lowest BCUT2D eigenvalue weighted by atomic mass is 10.1. The number of para-hydroxylation sites is 1. The van der Waals surface area contributed by atoms with Crippen LogP contribution in [0.15, 0.2) is 18.2 Å². The molecule has 1 atom stereocenters. The summed E-state index contributed by atoms with van der Waals surface area (Å²) in [5, 5.41) is 4.06. The van der Waals surface area contributed by atoms with Gasteiger partial charge in [0.2, 0.25) is 0 Å². The third kappa shape index (κ3) is 4.11. The lowest BCUT2D eigenvalue weighted by Gasteiger charge is -2.29. The fourth-order valence-corrected chi connectivity index (χ4v) is 4.86. The maximum absolute atomic E-state index is 11.7. The van der Waals surface area contributed by atoms with Crippen LogP contribution < -0.4 is 10.2 Å². The molecule has 1 N–H and O–H groups in total. The quantitative estimate of drug-likeness (QED) is 0.814. The second kappa shape index (κ2) is 6.99. The Morgan fingerprint density at radius 1 is 1.43 bits per heavy atom. The van der Waals surface area contributed by atoms with Crippen LogP contribution in [0.2, 0.25) is 5.02 Å². The topological polar surface area (TPSA) is 49.4 Å². The Morgan fingerprint density at radius 3 is 2.81 bits per heavy atom. The number of anilines is 1. The molecule has 0 aromatic heterocycles. The molecule has 1 aromatic rings. The van der Waals surface area contributed by atoms with Gasteiger partial charge in [0.25, 0.3) is 0 Å². The monoisotopic (exact) mass is 330 g/mol. The molecular weight excluding hydrogens is 308 g/mol. The van der Waals surface area contributed by atoms with Crippen molar-refractivity contribution in [3.8, 4) is 0 Å². The highest BCUT2D eigenvalue weighted by molar-refractivity contribution is 7.91. The van der Waals surface area contributed by atoms with E-state index in [1.165, 1.54) is 0 Å². The summed E-state index contributed by atoms with van der Waals surface area (Å²) in [6.07, 6.45) is 1.75. The van der Waals surface area contributed by atoms with E-state index in [-0.39, 0.29) is 17.5 Å². The van der Waals surface area contributed by atoms with Crippen molar-refractivity contribution in [2.75, 3.05) is 30.0 Å². The lowest BCUT2D eigenvalue weighted by Crippen LogP contribution is -2.34. The molecule has 1 aliphatic heterocycles. The molecule has 0 spiro atoms. The van der Waals surface area contributed by atoms with Gasteiger partial charge >= 0.3 is 0 Å². The van der Waals surface area contributed by atoms with Gasteiger partial charge in [-0.15, -0.1) is 0 Å². The van der Waals surface area contributed by atoms with Crippen LogP contribution in [0.5, 0.6) is 0 Å². The fraction of sp³-hybridized carbons (Fsp3) is 0.600. The molecule has 0 bridgehead atoms. The van der Waals surface area contributed by atoms with Crippen LogP contribution in [-0.2, 0) is 16.4 Å². The second-order valence-corrected chi connectivity index (χ2v) is 8.23. The molecule has 6 heteroatoms. The first-order valence-corrected chi connectivity index (χ1v) is 9.56. The summed E-state index contributed by atoms with van der Waals surface area (Å²) >= 11 is 6.37. The number of rotatable bonds is 6. The molecule has 21 heavy (non-hydrogen) atoms. The number of benzene rings is 1. The highest BCUT2D eigenvalue weighted by Gasteiger charge is 2.32. The molecule has 1 aromatic carbocycles. The van der Waals surface area contributed by atoms with Gasteiger partial charge in [-0.2, -0.15) is 0 Å². The molecule has 0 amide bonds. The molecule has 1 fully saturated rings. The zero-order chi connectivity index (χ0) is 15.5. The van der Waals surface area contributed by atoms with Gasteiger partial charge < -0.3 is 10.2 Å². The summed E-state index contributed by atoms with van der Waals surface area (Å²) < 4.78 is 23.4. The maximum atomic E-state index is 11.7. The number of hydrogen-bond donors (Lipinski definition) is 1. The minimum Gasteiger partial charge on any atom is -0.369 e. The number of sulfone groups is 1. The Kier molecular flexibility index (Phi) is 5.52. The van der Waals surface area contributed by atoms with Gasteiger partial charge in [-0.1, -0.05) is 30.7 Å². The predicted molar refractivity (Wildman–Crippen MR) is 88.9 cm³/mol. The molecule has 2 rings (SSSR count). The van der Waals surface area contributed by atoms with Crippen molar-refractivity contribution >= 4 is 27.1 Å². The standard InChI is InChI=1S/C15H23ClN2O2S/c1-3-8-17-10-12-5-4-6-14(16)15(12)18(2)13-7-9-21(19,20)11-13/h4-6,13,17H,3,7-11H2,1-2H3. The molecule has 0 radical (unpaired) electrons. The highest BCUT2D eigenvalue weighted by Crippen LogP contribution is 2.32. The van der Waals surface area contributed by atoms with E-state index < -0.39 is 9.84 Å². The van der Waals surface area contributed by atoms with Crippen molar-refractivity contribution in [3.05, 3.63) is 28.8 Å². The summed E-state index contributed by atoms with van der Waals surface area (Å²) in [4.78, 5) is 2.04. The van der Waals surface area contributed by atoms with Gasteiger partial charge in [0.1, 0.15) is 0 Å². The van der Waals surface area contributed by atoms with Crippen molar-refractivity contribution in [1.82, 2.24) is 5.32 Å². The first-order chi connectivity index (χ1) is 9.94. The maximum Gasteiger partial charge on any atom is 0.152 e. The zero-order valence-electron chi connectivity index (χ0n) is 12.6. The van der Waals surface area contributed by atoms with E-state index >= 15 is 0 Å². The highest BCUT2D eigenvalue weighted by atomic mass is 35.5. The third-order valence-corrected chi connectivity index (χ3v) is 5.98. The molecule has 1 heterocycles. The predicted octanol–water partition coefficient (Wildman–Crippen LogP) is 2.46. The Morgan fingerprint density at radius 2 is 2.19 bits per heavy atom. The van der Waals surface area contributed by atoms with E-state index in [4.69, 9.17) is 11.6 Å². The minimum absolute atomic E-state index is 0.0137. The molecule has 0 aliphatic carbocycles. The molecule has 1 saturated heterocycles. The van der Waals surface area contributed by atoms with Gasteiger partial charge in [0, 0.05) is 19.6 Å². The fourth-order valence-electron chi connectivity index (χ4n) is 2.76. The summed E-state index contributed by atoms with van der Waals surface area (Å²) in [6, 6.07) is 5.86. The van der Waals surface area contributed by atoms with Gasteiger partial charge in [0.05, 0.1) is 22.2 Å². The molecular formula is C15H23ClN2O2S. The van der Waals surface area contributed by atoms with Gasteiger partial charge in [-0.25, -0.2) is 8.42 Å². The largest absolute Gasteiger partial charge is 0.369 e. The summed E-state index contributed by atoms with van der Waals surface area (Å²) in [7, 11) is -0.955. The van der Waals surface area contributed by atoms with Crippen molar-refractivity contribution in [3.63, 3.8) is 0 Å². The molecule has 118 valence electrons. The molecule has 4 nitrogen and oxygen atoms in total. The van der Waals surface area contributed by atoms with Gasteiger partial charge in [-0.3, -0.25) is 0 Å². The van der Waals surface area contributed by atoms with Crippen molar-refractivity contribution in [1.29, 1.82) is 0 Å².